The summed E-state index contributed by atoms with van der Waals surface area (Å²) in [6, 6.07) is 0.218. The zero-order valence-corrected chi connectivity index (χ0v) is 10.3. The fourth-order valence-corrected chi connectivity index (χ4v) is 1.56. The number of rotatable bonds is 5. The molecule has 0 unspecified atom stereocenters. The SMILES string of the molecule is CCC(CC)NC(=O)Cn1cc(Cl)c(N)n1. The molecular formula is C10H17ClN4O. The zero-order chi connectivity index (χ0) is 12.1. The Kier molecular flexibility index (Phi) is 4.61. The summed E-state index contributed by atoms with van der Waals surface area (Å²) in [5, 5.41) is 7.19. The lowest BCUT2D eigenvalue weighted by Gasteiger charge is -2.14. The van der Waals surface area contributed by atoms with E-state index < -0.39 is 0 Å². The van der Waals surface area contributed by atoms with Gasteiger partial charge in [-0.05, 0) is 12.8 Å². The first kappa shape index (κ1) is 12.8. The van der Waals surface area contributed by atoms with Crippen molar-refractivity contribution >= 4 is 23.3 Å². The molecule has 0 spiro atoms. The summed E-state index contributed by atoms with van der Waals surface area (Å²) in [5.74, 6) is 0.171. The summed E-state index contributed by atoms with van der Waals surface area (Å²) in [4.78, 5) is 11.6. The van der Waals surface area contributed by atoms with Gasteiger partial charge in [0.2, 0.25) is 5.91 Å². The smallest absolute Gasteiger partial charge is 0.241 e. The minimum Gasteiger partial charge on any atom is -0.381 e. The van der Waals surface area contributed by atoms with Crippen molar-refractivity contribution in [1.29, 1.82) is 0 Å². The van der Waals surface area contributed by atoms with Crippen LogP contribution in [0.3, 0.4) is 0 Å². The van der Waals surface area contributed by atoms with E-state index in [4.69, 9.17) is 17.3 Å². The van der Waals surface area contributed by atoms with Gasteiger partial charge in [-0.1, -0.05) is 25.4 Å². The van der Waals surface area contributed by atoms with Gasteiger partial charge in [0, 0.05) is 12.2 Å². The number of amides is 1. The number of carbonyl (C=O) groups excluding carboxylic acids is 1. The molecule has 3 N–H and O–H groups in total. The Hall–Kier alpha value is -1.23. The number of anilines is 1. The average Bonchev–Trinajstić information content (AvgIpc) is 2.54. The molecule has 0 aliphatic rings. The van der Waals surface area contributed by atoms with Crippen molar-refractivity contribution in [2.45, 2.75) is 39.3 Å². The Morgan fingerprint density at radius 2 is 2.25 bits per heavy atom. The normalized spacial score (nSPS) is 10.8. The molecule has 0 saturated heterocycles. The first-order valence-corrected chi connectivity index (χ1v) is 5.72. The van der Waals surface area contributed by atoms with Crippen LogP contribution in [0.2, 0.25) is 5.02 Å². The predicted octanol–water partition coefficient (Wildman–Crippen LogP) is 1.42. The fraction of sp³-hybridized carbons (Fsp3) is 0.600. The molecule has 6 heteroatoms. The highest BCUT2D eigenvalue weighted by molar-refractivity contribution is 6.32. The van der Waals surface area contributed by atoms with Crippen LogP contribution in [0.25, 0.3) is 0 Å². The van der Waals surface area contributed by atoms with Gasteiger partial charge in [-0.2, -0.15) is 5.10 Å². The summed E-state index contributed by atoms with van der Waals surface area (Å²) < 4.78 is 1.44. The van der Waals surface area contributed by atoms with Gasteiger partial charge in [-0.25, -0.2) is 0 Å². The Balaban J connectivity index is 2.51. The number of hydrogen-bond donors (Lipinski definition) is 2. The van der Waals surface area contributed by atoms with Gasteiger partial charge >= 0.3 is 0 Å². The average molecular weight is 245 g/mol. The van der Waals surface area contributed by atoms with Crippen molar-refractivity contribution in [3.05, 3.63) is 11.2 Å². The number of nitrogens with two attached hydrogens (primary N) is 1. The van der Waals surface area contributed by atoms with Crippen LogP contribution in [0.15, 0.2) is 6.20 Å². The summed E-state index contributed by atoms with van der Waals surface area (Å²) in [6.07, 6.45) is 3.39. The second-order valence-electron chi connectivity index (χ2n) is 3.64. The highest BCUT2D eigenvalue weighted by Gasteiger charge is 2.10. The third-order valence-electron chi connectivity index (χ3n) is 2.40. The molecule has 1 heterocycles. The van der Waals surface area contributed by atoms with Crippen LogP contribution in [0.4, 0.5) is 5.82 Å². The van der Waals surface area contributed by atoms with Gasteiger partial charge in [0.25, 0.3) is 0 Å². The molecule has 1 rings (SSSR count). The number of halogens is 1. The van der Waals surface area contributed by atoms with Crippen molar-refractivity contribution in [3.63, 3.8) is 0 Å². The summed E-state index contributed by atoms with van der Waals surface area (Å²) in [6.45, 7) is 4.22. The second kappa shape index (κ2) is 5.75. The highest BCUT2D eigenvalue weighted by atomic mass is 35.5. The summed E-state index contributed by atoms with van der Waals surface area (Å²) in [5.41, 5.74) is 5.47. The molecule has 1 aromatic rings. The maximum Gasteiger partial charge on any atom is 0.241 e. The zero-order valence-electron chi connectivity index (χ0n) is 9.53. The van der Waals surface area contributed by atoms with Crippen LogP contribution in [0.1, 0.15) is 26.7 Å². The van der Waals surface area contributed by atoms with Crippen molar-refractivity contribution in [1.82, 2.24) is 15.1 Å². The number of carbonyl (C=O) groups is 1. The van der Waals surface area contributed by atoms with E-state index in [1.807, 2.05) is 13.8 Å². The predicted molar refractivity (Wildman–Crippen MR) is 64.2 cm³/mol. The van der Waals surface area contributed by atoms with Crippen LogP contribution in [0, 0.1) is 0 Å². The number of nitrogen functional groups attached to an aromatic ring is 1. The lowest BCUT2D eigenvalue weighted by atomic mass is 10.2. The number of nitrogens with zero attached hydrogens (tertiary/aromatic N) is 2. The molecule has 0 aliphatic heterocycles. The number of hydrogen-bond acceptors (Lipinski definition) is 3. The van der Waals surface area contributed by atoms with E-state index in [1.54, 1.807) is 6.20 Å². The number of aromatic nitrogens is 2. The van der Waals surface area contributed by atoms with Gasteiger partial charge in [0.05, 0.1) is 0 Å². The quantitative estimate of drug-likeness (QED) is 0.823. The molecule has 5 nitrogen and oxygen atoms in total. The van der Waals surface area contributed by atoms with Gasteiger partial charge in [-0.15, -0.1) is 0 Å². The monoisotopic (exact) mass is 244 g/mol. The maximum atomic E-state index is 11.6. The summed E-state index contributed by atoms with van der Waals surface area (Å²) >= 11 is 5.73. The summed E-state index contributed by atoms with van der Waals surface area (Å²) in [7, 11) is 0. The first-order valence-electron chi connectivity index (χ1n) is 5.34. The molecule has 1 amide bonds. The lowest BCUT2D eigenvalue weighted by Crippen LogP contribution is -2.36. The standard InChI is InChI=1S/C10H17ClN4O/c1-3-7(4-2)13-9(16)6-15-5-8(11)10(12)14-15/h5,7H,3-4,6H2,1-2H3,(H2,12,14)(H,13,16). The van der Waals surface area contributed by atoms with Crippen LogP contribution in [-0.2, 0) is 11.3 Å². The topological polar surface area (TPSA) is 72.9 Å². The second-order valence-corrected chi connectivity index (χ2v) is 4.05. The van der Waals surface area contributed by atoms with Gasteiger partial charge in [0.1, 0.15) is 11.6 Å². The minimum atomic E-state index is -0.0760. The molecular weight excluding hydrogens is 228 g/mol. The Bertz CT molecular complexity index is 340. The van der Waals surface area contributed by atoms with Crippen molar-refractivity contribution in [2.24, 2.45) is 0 Å². The van der Waals surface area contributed by atoms with Crippen LogP contribution in [0.5, 0.6) is 0 Å². The first-order chi connectivity index (χ1) is 7.56. The molecule has 0 atom stereocenters. The third-order valence-corrected chi connectivity index (χ3v) is 2.69. The molecule has 16 heavy (non-hydrogen) atoms. The molecule has 0 saturated carbocycles. The molecule has 90 valence electrons. The molecule has 1 aromatic heterocycles. The van der Waals surface area contributed by atoms with Crippen molar-refractivity contribution in [2.75, 3.05) is 5.73 Å². The Morgan fingerprint density at radius 1 is 1.62 bits per heavy atom. The van der Waals surface area contributed by atoms with E-state index in [9.17, 15) is 4.79 Å². The van der Waals surface area contributed by atoms with E-state index in [-0.39, 0.29) is 24.3 Å². The van der Waals surface area contributed by atoms with E-state index in [2.05, 4.69) is 10.4 Å². The third kappa shape index (κ3) is 3.41. The maximum absolute atomic E-state index is 11.6. The minimum absolute atomic E-state index is 0.0760. The molecule has 0 bridgehead atoms. The van der Waals surface area contributed by atoms with Crippen molar-refractivity contribution < 1.29 is 4.79 Å². The van der Waals surface area contributed by atoms with Gasteiger partial charge in [0.15, 0.2) is 5.82 Å². The van der Waals surface area contributed by atoms with E-state index in [0.717, 1.165) is 12.8 Å². The Labute approximate surface area is 99.9 Å². The molecule has 0 radical (unpaired) electrons. The molecule has 0 aromatic carbocycles. The lowest BCUT2D eigenvalue weighted by molar-refractivity contribution is -0.122. The van der Waals surface area contributed by atoms with Crippen molar-refractivity contribution in [3.8, 4) is 0 Å². The number of nitrogens with one attached hydrogen (secondary N) is 1. The fourth-order valence-electron chi connectivity index (χ4n) is 1.41. The highest BCUT2D eigenvalue weighted by Crippen LogP contribution is 2.14. The van der Waals surface area contributed by atoms with Gasteiger partial charge in [-0.3, -0.25) is 9.48 Å². The molecule has 0 aliphatic carbocycles. The molecule has 0 fully saturated rings. The van der Waals surface area contributed by atoms with Crippen LogP contribution in [-0.4, -0.2) is 21.7 Å². The van der Waals surface area contributed by atoms with E-state index in [0.29, 0.717) is 5.02 Å². The van der Waals surface area contributed by atoms with E-state index >= 15 is 0 Å². The van der Waals surface area contributed by atoms with Crippen LogP contribution >= 0.6 is 11.6 Å². The van der Waals surface area contributed by atoms with Crippen LogP contribution < -0.4 is 11.1 Å². The largest absolute Gasteiger partial charge is 0.381 e. The van der Waals surface area contributed by atoms with Gasteiger partial charge < -0.3 is 11.1 Å². The van der Waals surface area contributed by atoms with E-state index in [1.165, 1.54) is 4.68 Å². The Morgan fingerprint density at radius 3 is 2.69 bits per heavy atom.